The molecule has 0 saturated carbocycles. The van der Waals surface area contributed by atoms with Crippen LogP contribution in [0.3, 0.4) is 0 Å². The van der Waals surface area contributed by atoms with Gasteiger partial charge in [-0.2, -0.15) is 0 Å². The Hall–Kier alpha value is -3.32. The largest absolute Gasteiger partial charge is 0.479 e. The molecule has 6 unspecified atom stereocenters. The van der Waals surface area contributed by atoms with Crippen molar-refractivity contribution in [2.75, 3.05) is 13.2 Å². The van der Waals surface area contributed by atoms with Crippen molar-refractivity contribution in [2.24, 2.45) is 0 Å². The van der Waals surface area contributed by atoms with E-state index in [1.54, 1.807) is 0 Å². The molecule has 75 heavy (non-hydrogen) atoms. The quantitative estimate of drug-likeness (QED) is 0.0228. The molecule has 0 bridgehead atoms. The first-order valence-electron chi connectivity index (χ1n) is 30.6. The Morgan fingerprint density at radius 2 is 0.813 bits per heavy atom. The molecule has 12 nitrogen and oxygen atoms in total. The first-order valence-corrected chi connectivity index (χ1v) is 30.6. The van der Waals surface area contributed by atoms with Gasteiger partial charge in [0.1, 0.15) is 18.8 Å². The monoisotopic (exact) mass is 1060 g/mol. The maximum atomic E-state index is 13.1. The molecule has 1 rings (SSSR count). The van der Waals surface area contributed by atoms with Crippen LogP contribution in [0.5, 0.6) is 0 Å². The van der Waals surface area contributed by atoms with Gasteiger partial charge in [-0.1, -0.05) is 230 Å². The molecule has 1 fully saturated rings. The third-order valence-corrected chi connectivity index (χ3v) is 13.9. The highest BCUT2D eigenvalue weighted by molar-refractivity contribution is 5.74. The number of aliphatic carboxylic acids is 1. The number of hydrogen-bond acceptors (Lipinski definition) is 11. The molecule has 0 aromatic heterocycles. The van der Waals surface area contributed by atoms with Crippen LogP contribution < -0.4 is 0 Å². The van der Waals surface area contributed by atoms with Crippen LogP contribution >= 0.6 is 0 Å². The molecule has 1 aliphatic heterocycles. The third-order valence-electron chi connectivity index (χ3n) is 13.9. The summed E-state index contributed by atoms with van der Waals surface area (Å²) < 4.78 is 28.4. The number of ether oxygens (including phenoxy) is 5. The summed E-state index contributed by atoms with van der Waals surface area (Å²) in [5.74, 6) is -3.13. The lowest BCUT2D eigenvalue weighted by atomic mass is 9.98. The second kappa shape index (κ2) is 51.4. The minimum atomic E-state index is -1.90. The number of aliphatic hydroxyl groups is 2. The van der Waals surface area contributed by atoms with E-state index in [9.17, 15) is 34.5 Å². The van der Waals surface area contributed by atoms with Gasteiger partial charge in [-0.15, -0.1) is 0 Å². The van der Waals surface area contributed by atoms with E-state index in [-0.39, 0.29) is 25.9 Å². The standard InChI is InChI=1S/C63H110O12/c1-4-7-10-13-16-19-22-24-26-27-28-29-31-32-35-37-40-43-46-49-55(64)71-52-54(73-56(65)50-47-44-41-38-34-21-18-15-12-9-6-3)53-72-63-61(59(68)58(67)60(75-63)62(69)70)74-57(66)51-48-45-42-39-36-33-30-25-23-20-17-14-11-8-5-2/h15-16,18-19,24,26,28-29,54,58-61,63,67-68H,4-14,17,20-23,25,27,30-53H2,1-3H3,(H,69,70)/b18-15-,19-16-,26-24-,29-28-. The van der Waals surface area contributed by atoms with Crippen molar-refractivity contribution in [2.45, 2.75) is 314 Å². The van der Waals surface area contributed by atoms with E-state index in [1.807, 2.05) is 0 Å². The van der Waals surface area contributed by atoms with E-state index in [1.165, 1.54) is 103 Å². The minimum absolute atomic E-state index is 0.0623. The third kappa shape index (κ3) is 41.5. The topological polar surface area (TPSA) is 175 Å². The number of allylic oxidation sites excluding steroid dienone is 8. The number of rotatable bonds is 52. The summed E-state index contributed by atoms with van der Waals surface area (Å²) in [4.78, 5) is 51.1. The molecular weight excluding hydrogens is 949 g/mol. The zero-order chi connectivity index (χ0) is 54.7. The molecule has 0 aromatic rings. The molecule has 0 amide bonds. The average Bonchev–Trinajstić information content (AvgIpc) is 3.39. The van der Waals surface area contributed by atoms with Crippen LogP contribution in [0.25, 0.3) is 0 Å². The molecule has 1 heterocycles. The molecule has 12 heteroatoms. The van der Waals surface area contributed by atoms with Crippen LogP contribution in [0.2, 0.25) is 0 Å². The predicted octanol–water partition coefficient (Wildman–Crippen LogP) is 15.8. The number of carbonyl (C=O) groups is 4. The molecule has 1 saturated heterocycles. The van der Waals surface area contributed by atoms with E-state index in [4.69, 9.17) is 23.7 Å². The van der Waals surface area contributed by atoms with E-state index >= 15 is 0 Å². The SMILES string of the molecule is CCCC/C=C\CCCCCCCC(=O)OC(COC(=O)CCCCCCCC/C=C\C/C=C\C/C=C\CCCCC)COC1OC(C(=O)O)C(O)C(O)C1OC(=O)CCCCCCCCCCCCCCCCC. The number of carbonyl (C=O) groups excluding carboxylic acids is 3. The first kappa shape index (κ1) is 69.7. The van der Waals surface area contributed by atoms with Crippen LogP contribution in [0.4, 0.5) is 0 Å². The van der Waals surface area contributed by atoms with Gasteiger partial charge in [-0.25, -0.2) is 4.79 Å². The number of esters is 3. The van der Waals surface area contributed by atoms with Crippen LogP contribution in [0, 0.1) is 0 Å². The van der Waals surface area contributed by atoms with Crippen molar-refractivity contribution in [3.8, 4) is 0 Å². The Balaban J connectivity index is 2.65. The molecule has 6 atom stereocenters. The Morgan fingerprint density at radius 3 is 1.29 bits per heavy atom. The number of carboxylic acids is 1. The second-order valence-corrected chi connectivity index (χ2v) is 21.0. The van der Waals surface area contributed by atoms with Crippen molar-refractivity contribution < 1.29 is 58.2 Å². The fraction of sp³-hybridized carbons (Fsp3) is 0.810. The lowest BCUT2D eigenvalue weighted by Crippen LogP contribution is -2.61. The highest BCUT2D eigenvalue weighted by Gasteiger charge is 2.50. The van der Waals surface area contributed by atoms with Gasteiger partial charge in [0.25, 0.3) is 0 Å². The molecule has 0 aliphatic carbocycles. The summed E-state index contributed by atoms with van der Waals surface area (Å²) in [5, 5.41) is 31.5. The van der Waals surface area contributed by atoms with Crippen LogP contribution in [0.1, 0.15) is 278 Å². The Morgan fingerprint density at radius 1 is 0.440 bits per heavy atom. The fourth-order valence-corrected chi connectivity index (χ4v) is 9.12. The minimum Gasteiger partial charge on any atom is -0.479 e. The Bertz CT molecular complexity index is 1490. The van der Waals surface area contributed by atoms with Crippen LogP contribution in [0.15, 0.2) is 48.6 Å². The van der Waals surface area contributed by atoms with Gasteiger partial charge in [0.15, 0.2) is 24.6 Å². The van der Waals surface area contributed by atoms with Gasteiger partial charge in [-0.3, -0.25) is 14.4 Å². The van der Waals surface area contributed by atoms with E-state index in [0.717, 1.165) is 116 Å². The van der Waals surface area contributed by atoms with Crippen molar-refractivity contribution in [3.05, 3.63) is 48.6 Å². The van der Waals surface area contributed by atoms with E-state index in [2.05, 4.69) is 69.4 Å². The molecular formula is C63H110O12. The average molecular weight is 1060 g/mol. The molecule has 0 spiro atoms. The zero-order valence-electron chi connectivity index (χ0n) is 47.8. The van der Waals surface area contributed by atoms with Crippen molar-refractivity contribution in [1.82, 2.24) is 0 Å². The molecule has 1 aliphatic rings. The van der Waals surface area contributed by atoms with Gasteiger partial charge in [0.05, 0.1) is 6.61 Å². The Kier molecular flexibility index (Phi) is 47.8. The summed E-state index contributed by atoms with van der Waals surface area (Å²) in [7, 11) is 0. The van der Waals surface area contributed by atoms with Crippen molar-refractivity contribution >= 4 is 23.9 Å². The maximum absolute atomic E-state index is 13.1. The van der Waals surface area contributed by atoms with Gasteiger partial charge in [0.2, 0.25) is 0 Å². The Labute approximate surface area is 456 Å². The summed E-state index contributed by atoms with van der Waals surface area (Å²) in [6, 6.07) is 0. The van der Waals surface area contributed by atoms with E-state index in [0.29, 0.717) is 19.3 Å². The summed E-state index contributed by atoms with van der Waals surface area (Å²) in [5.41, 5.74) is 0. The summed E-state index contributed by atoms with van der Waals surface area (Å²) >= 11 is 0. The number of carboxylic acid groups (broad SMARTS) is 1. The maximum Gasteiger partial charge on any atom is 0.335 e. The van der Waals surface area contributed by atoms with Gasteiger partial charge in [-0.05, 0) is 77.0 Å². The summed E-state index contributed by atoms with van der Waals surface area (Å²) in [6.07, 6.45) is 49.4. The highest BCUT2D eigenvalue weighted by atomic mass is 16.7. The number of unbranched alkanes of at least 4 members (excludes halogenated alkanes) is 30. The molecule has 0 radical (unpaired) electrons. The number of hydrogen-bond donors (Lipinski definition) is 3. The second-order valence-electron chi connectivity index (χ2n) is 21.0. The normalized spacial score (nSPS) is 18.4. The van der Waals surface area contributed by atoms with Crippen molar-refractivity contribution in [1.29, 1.82) is 0 Å². The van der Waals surface area contributed by atoms with Gasteiger partial charge in [0, 0.05) is 19.3 Å². The smallest absolute Gasteiger partial charge is 0.335 e. The molecule has 434 valence electrons. The van der Waals surface area contributed by atoms with Gasteiger partial charge >= 0.3 is 23.9 Å². The van der Waals surface area contributed by atoms with Crippen LogP contribution in [-0.2, 0) is 42.9 Å². The van der Waals surface area contributed by atoms with E-state index < -0.39 is 67.3 Å². The number of aliphatic hydroxyl groups excluding tert-OH is 2. The predicted molar refractivity (Wildman–Crippen MR) is 303 cm³/mol. The van der Waals surface area contributed by atoms with Crippen molar-refractivity contribution in [3.63, 3.8) is 0 Å². The first-order chi connectivity index (χ1) is 36.6. The molecule has 0 aromatic carbocycles. The lowest BCUT2D eigenvalue weighted by Gasteiger charge is -2.40. The lowest BCUT2D eigenvalue weighted by molar-refractivity contribution is -0.301. The highest BCUT2D eigenvalue weighted by Crippen LogP contribution is 2.26. The van der Waals surface area contributed by atoms with Gasteiger partial charge < -0.3 is 39.0 Å². The zero-order valence-corrected chi connectivity index (χ0v) is 47.8. The fourth-order valence-electron chi connectivity index (χ4n) is 9.12. The van der Waals surface area contributed by atoms with Crippen LogP contribution in [-0.4, -0.2) is 89.2 Å². The summed E-state index contributed by atoms with van der Waals surface area (Å²) in [6.45, 7) is 5.93. The molecule has 3 N–H and O–H groups in total.